The number of ketones is 1. The van der Waals surface area contributed by atoms with Crippen LogP contribution in [0.25, 0.3) is 11.5 Å². The van der Waals surface area contributed by atoms with E-state index in [4.69, 9.17) is 18.6 Å². The number of hydrogen-bond acceptors (Lipinski definition) is 7. The Bertz CT molecular complexity index is 1880. The van der Waals surface area contributed by atoms with Gasteiger partial charge in [-0.1, -0.05) is 86.6 Å². The predicted octanol–water partition coefficient (Wildman–Crippen LogP) is 9.01. The third-order valence-corrected chi connectivity index (χ3v) is 7.88. The van der Waals surface area contributed by atoms with Crippen LogP contribution in [-0.2, 0) is 12.8 Å². The van der Waals surface area contributed by atoms with Gasteiger partial charge in [0.15, 0.2) is 11.7 Å². The van der Waals surface area contributed by atoms with Crippen LogP contribution in [0, 0.1) is 6.92 Å². The summed E-state index contributed by atoms with van der Waals surface area (Å²) >= 11 is 0. The quantitative estimate of drug-likeness (QED) is 0.130. The van der Waals surface area contributed by atoms with Gasteiger partial charge in [0.1, 0.15) is 17.8 Å². The molecule has 0 aliphatic carbocycles. The van der Waals surface area contributed by atoms with Crippen LogP contribution in [0.3, 0.4) is 0 Å². The highest BCUT2D eigenvalue weighted by Crippen LogP contribution is 2.29. The van der Waals surface area contributed by atoms with Crippen molar-refractivity contribution in [3.63, 3.8) is 0 Å². The monoisotopic (exact) mass is 611 g/mol. The van der Waals surface area contributed by atoms with Crippen LogP contribution in [0.15, 0.2) is 124 Å². The Hall–Kier alpha value is -5.43. The summed E-state index contributed by atoms with van der Waals surface area (Å²) in [6.45, 7) is 6.58. The summed E-state index contributed by atoms with van der Waals surface area (Å²) in [7, 11) is 0. The van der Waals surface area contributed by atoms with Crippen molar-refractivity contribution >= 4 is 11.5 Å². The second kappa shape index (κ2) is 14.1. The summed E-state index contributed by atoms with van der Waals surface area (Å²) < 4.78 is 17.9. The number of benzene rings is 4. The molecule has 7 heteroatoms. The lowest BCUT2D eigenvalue weighted by atomic mass is 9.99. The van der Waals surface area contributed by atoms with Crippen LogP contribution < -0.4 is 10.1 Å². The Kier molecular flexibility index (Phi) is 9.39. The number of anilines is 1. The Balaban J connectivity index is 1.18. The summed E-state index contributed by atoms with van der Waals surface area (Å²) in [5.74, 6) is 3.02. The van der Waals surface area contributed by atoms with Gasteiger partial charge < -0.3 is 18.9 Å². The van der Waals surface area contributed by atoms with E-state index in [2.05, 4.69) is 24.1 Å². The normalized spacial score (nSPS) is 11.8. The summed E-state index contributed by atoms with van der Waals surface area (Å²) in [6.07, 6.45) is 2.85. The van der Waals surface area contributed by atoms with E-state index in [0.29, 0.717) is 42.4 Å². The minimum Gasteiger partial charge on any atom is -0.493 e. The molecule has 1 atom stereocenters. The molecule has 1 unspecified atom stereocenters. The molecular weight excluding hydrogens is 574 g/mol. The van der Waals surface area contributed by atoms with Crippen molar-refractivity contribution in [2.75, 3.05) is 11.9 Å². The van der Waals surface area contributed by atoms with E-state index in [1.165, 1.54) is 0 Å². The largest absolute Gasteiger partial charge is 0.493 e. The van der Waals surface area contributed by atoms with E-state index in [0.717, 1.165) is 39.7 Å². The third-order valence-electron chi connectivity index (χ3n) is 7.88. The second-order valence-corrected chi connectivity index (χ2v) is 11.5. The smallest absolute Gasteiger partial charge is 0.226 e. The molecule has 46 heavy (non-hydrogen) atoms. The Morgan fingerprint density at radius 1 is 0.848 bits per heavy atom. The first-order chi connectivity index (χ1) is 22.4. The minimum atomic E-state index is -0.216. The van der Waals surface area contributed by atoms with Crippen LogP contribution in [-0.4, -0.2) is 22.4 Å². The van der Waals surface area contributed by atoms with Crippen LogP contribution in [0.4, 0.5) is 5.69 Å². The number of ether oxygens (including phenoxy) is 1. The maximum atomic E-state index is 13.5. The molecule has 6 aromatic rings. The topological polar surface area (TPSA) is 90.4 Å². The van der Waals surface area contributed by atoms with Crippen molar-refractivity contribution in [2.45, 2.75) is 45.6 Å². The number of aryl methyl sites for hydroxylation is 1. The van der Waals surface area contributed by atoms with Gasteiger partial charge in [-0.3, -0.25) is 4.79 Å². The molecule has 0 aliphatic heterocycles. The van der Waals surface area contributed by atoms with Crippen LogP contribution >= 0.6 is 0 Å². The number of rotatable bonds is 13. The minimum absolute atomic E-state index is 0.0392. The molecule has 0 saturated carbocycles. The van der Waals surface area contributed by atoms with E-state index in [1.54, 1.807) is 6.26 Å². The van der Waals surface area contributed by atoms with E-state index in [9.17, 15) is 4.79 Å². The molecule has 7 nitrogen and oxygen atoms in total. The molecule has 2 aromatic heterocycles. The fraction of sp³-hybridized carbons (Fsp3) is 0.205. The first-order valence-electron chi connectivity index (χ1n) is 15.6. The summed E-state index contributed by atoms with van der Waals surface area (Å²) in [5, 5.41) is 3.63. The van der Waals surface area contributed by atoms with Crippen molar-refractivity contribution in [3.05, 3.63) is 155 Å². The maximum absolute atomic E-state index is 13.5. The van der Waals surface area contributed by atoms with E-state index >= 15 is 0 Å². The molecular formula is C39H37N3O4. The van der Waals surface area contributed by atoms with E-state index in [-0.39, 0.29) is 17.7 Å². The zero-order valence-electron chi connectivity index (χ0n) is 26.3. The molecule has 6 rings (SSSR count). The van der Waals surface area contributed by atoms with Crippen molar-refractivity contribution in [3.8, 4) is 17.2 Å². The van der Waals surface area contributed by atoms with E-state index in [1.807, 2.05) is 116 Å². The number of oxazole rings is 2. The third kappa shape index (κ3) is 7.26. The number of carbonyl (C=O) groups excluding carboxylic acids is 1. The molecule has 1 N–H and O–H groups in total. The van der Waals surface area contributed by atoms with Gasteiger partial charge in [-0.15, -0.1) is 0 Å². The Morgan fingerprint density at radius 2 is 1.54 bits per heavy atom. The van der Waals surface area contributed by atoms with Gasteiger partial charge in [0, 0.05) is 35.2 Å². The highest BCUT2D eigenvalue weighted by molar-refractivity contribution is 6.12. The summed E-state index contributed by atoms with van der Waals surface area (Å²) in [4.78, 5) is 22.9. The van der Waals surface area contributed by atoms with Gasteiger partial charge in [-0.05, 0) is 54.8 Å². The van der Waals surface area contributed by atoms with Gasteiger partial charge in [0.25, 0.3) is 0 Å². The van der Waals surface area contributed by atoms with Gasteiger partial charge in [0.05, 0.1) is 24.0 Å². The molecule has 0 aliphatic rings. The Morgan fingerprint density at radius 3 is 2.26 bits per heavy atom. The number of hydrogen-bond donors (Lipinski definition) is 1. The standard InChI is InChI=1S/C39H37N3O4/c1-26(2)36-25-45-37(41-36)24-35(40-34-17-11-10-16-32(34)38(43)29-12-6-4-7-13-29)28-18-20-31(21-19-28)44-23-22-33-27(3)46-39(42-33)30-14-8-5-9-15-30/h4-21,25-26,35,40H,22-24H2,1-3H3. The molecule has 0 saturated heterocycles. The SMILES string of the molecule is Cc1oc(-c2ccccc2)nc1CCOc1ccc(C(Cc2nc(C(C)C)co2)Nc2ccccc2C(=O)c2ccccc2)cc1. The van der Waals surface area contributed by atoms with Crippen LogP contribution in [0.1, 0.15) is 70.3 Å². The fourth-order valence-corrected chi connectivity index (χ4v) is 5.28. The molecule has 232 valence electrons. The van der Waals surface area contributed by atoms with Gasteiger partial charge in [0.2, 0.25) is 5.89 Å². The number of nitrogens with one attached hydrogen (secondary N) is 1. The number of carbonyl (C=O) groups is 1. The molecule has 0 bridgehead atoms. The highest BCUT2D eigenvalue weighted by Gasteiger charge is 2.21. The number of nitrogens with zero attached hydrogens (tertiary/aromatic N) is 2. The lowest BCUT2D eigenvalue weighted by Crippen LogP contribution is -2.16. The lowest BCUT2D eigenvalue weighted by molar-refractivity contribution is 0.103. The zero-order valence-corrected chi connectivity index (χ0v) is 26.3. The maximum Gasteiger partial charge on any atom is 0.226 e. The van der Waals surface area contributed by atoms with Crippen LogP contribution in [0.5, 0.6) is 5.75 Å². The molecule has 0 amide bonds. The molecule has 0 radical (unpaired) electrons. The molecule has 2 heterocycles. The van der Waals surface area contributed by atoms with Crippen molar-refractivity contribution < 1.29 is 18.4 Å². The molecule has 0 fully saturated rings. The summed E-state index contributed by atoms with van der Waals surface area (Å²) in [5.41, 5.74) is 5.75. The lowest BCUT2D eigenvalue weighted by Gasteiger charge is -2.21. The first-order valence-corrected chi connectivity index (χ1v) is 15.6. The second-order valence-electron chi connectivity index (χ2n) is 11.5. The highest BCUT2D eigenvalue weighted by atomic mass is 16.5. The number of aromatic nitrogens is 2. The van der Waals surface area contributed by atoms with Gasteiger partial charge in [-0.2, -0.15) is 0 Å². The van der Waals surface area contributed by atoms with Crippen molar-refractivity contribution in [1.29, 1.82) is 0 Å². The average Bonchev–Trinajstić information content (AvgIpc) is 3.72. The molecule has 4 aromatic carbocycles. The fourth-order valence-electron chi connectivity index (χ4n) is 5.28. The number of para-hydroxylation sites is 1. The summed E-state index contributed by atoms with van der Waals surface area (Å²) in [6, 6.07) is 34.6. The zero-order chi connectivity index (χ0) is 31.9. The van der Waals surface area contributed by atoms with Gasteiger partial charge in [-0.25, -0.2) is 9.97 Å². The predicted molar refractivity (Wildman–Crippen MR) is 179 cm³/mol. The van der Waals surface area contributed by atoms with E-state index < -0.39 is 0 Å². The van der Waals surface area contributed by atoms with Gasteiger partial charge >= 0.3 is 0 Å². The van der Waals surface area contributed by atoms with Crippen LogP contribution in [0.2, 0.25) is 0 Å². The van der Waals surface area contributed by atoms with Crippen molar-refractivity contribution in [2.24, 2.45) is 0 Å². The van der Waals surface area contributed by atoms with Crippen molar-refractivity contribution in [1.82, 2.24) is 9.97 Å². The average molecular weight is 612 g/mol. The Labute approximate surface area is 269 Å². The first kappa shape index (κ1) is 30.6. The molecule has 0 spiro atoms.